The Morgan fingerprint density at radius 3 is 1.82 bits per heavy atom. The zero-order chi connectivity index (χ0) is 9.02. The quantitative estimate of drug-likeness (QED) is 0.458. The van der Waals surface area contributed by atoms with Crippen molar-refractivity contribution in [3.05, 3.63) is 31.6 Å². The van der Waals surface area contributed by atoms with E-state index in [4.69, 9.17) is 0 Å². The standard InChI is InChI=1S/C5H8N2O4/c1-3-5(7(10)11)4(2)6(8)9/h3H2,1-2H3. The van der Waals surface area contributed by atoms with Crippen molar-refractivity contribution in [2.24, 2.45) is 0 Å². The first kappa shape index (κ1) is 9.54. The largest absolute Gasteiger partial charge is 0.317 e. The molecule has 62 valence electrons. The molecule has 0 spiro atoms. The van der Waals surface area contributed by atoms with Gasteiger partial charge in [-0.05, 0) is 0 Å². The summed E-state index contributed by atoms with van der Waals surface area (Å²) in [6.07, 6.45) is 0.0693. The van der Waals surface area contributed by atoms with Crippen molar-refractivity contribution in [3.63, 3.8) is 0 Å². The van der Waals surface area contributed by atoms with Crippen LogP contribution in [0.2, 0.25) is 0 Å². The second kappa shape index (κ2) is 3.65. The third-order valence-corrected chi connectivity index (χ3v) is 1.25. The van der Waals surface area contributed by atoms with Gasteiger partial charge in [0.25, 0.3) is 0 Å². The van der Waals surface area contributed by atoms with E-state index in [9.17, 15) is 20.2 Å². The highest BCUT2D eigenvalue weighted by molar-refractivity contribution is 4.94. The lowest BCUT2D eigenvalue weighted by Crippen LogP contribution is -2.06. The van der Waals surface area contributed by atoms with E-state index in [1.165, 1.54) is 6.92 Å². The van der Waals surface area contributed by atoms with Crippen LogP contribution in [-0.4, -0.2) is 9.85 Å². The third-order valence-electron chi connectivity index (χ3n) is 1.25. The zero-order valence-corrected chi connectivity index (χ0v) is 6.23. The molecule has 0 radical (unpaired) electrons. The molecule has 0 aromatic rings. The smallest absolute Gasteiger partial charge is 0.258 e. The first-order valence-corrected chi connectivity index (χ1v) is 2.99. The predicted molar refractivity (Wildman–Crippen MR) is 37.0 cm³/mol. The van der Waals surface area contributed by atoms with Gasteiger partial charge in [0, 0.05) is 13.3 Å². The first-order valence-electron chi connectivity index (χ1n) is 2.99. The van der Waals surface area contributed by atoms with Crippen molar-refractivity contribution < 1.29 is 9.85 Å². The summed E-state index contributed by atoms with van der Waals surface area (Å²) in [4.78, 5) is 18.7. The van der Waals surface area contributed by atoms with Crippen molar-refractivity contribution in [2.75, 3.05) is 0 Å². The molecular formula is C5H8N2O4. The number of allylic oxidation sites excluding steroid dienone is 2. The molecule has 0 N–H and O–H groups in total. The number of hydrogen-bond acceptors (Lipinski definition) is 4. The molecule has 0 saturated carbocycles. The van der Waals surface area contributed by atoms with Gasteiger partial charge in [0.15, 0.2) is 0 Å². The Morgan fingerprint density at radius 1 is 1.27 bits per heavy atom. The zero-order valence-electron chi connectivity index (χ0n) is 6.23. The molecule has 6 nitrogen and oxygen atoms in total. The Labute approximate surface area is 62.8 Å². The van der Waals surface area contributed by atoms with Gasteiger partial charge in [0.05, 0.1) is 9.85 Å². The maximum atomic E-state index is 10.1. The predicted octanol–water partition coefficient (Wildman–Crippen LogP) is 1.18. The highest BCUT2D eigenvalue weighted by Gasteiger charge is 2.21. The van der Waals surface area contributed by atoms with E-state index in [1.54, 1.807) is 0 Å². The fraction of sp³-hybridized carbons (Fsp3) is 0.600. The summed E-state index contributed by atoms with van der Waals surface area (Å²) in [7, 11) is 0. The van der Waals surface area contributed by atoms with Gasteiger partial charge in [-0.1, -0.05) is 6.92 Å². The van der Waals surface area contributed by atoms with E-state index in [-0.39, 0.29) is 12.1 Å². The van der Waals surface area contributed by atoms with E-state index in [1.807, 2.05) is 0 Å². The molecule has 6 heteroatoms. The molecule has 0 rings (SSSR count). The average molecular weight is 160 g/mol. The Bertz CT molecular complexity index is 221. The Balaban J connectivity index is 4.83. The monoisotopic (exact) mass is 160 g/mol. The van der Waals surface area contributed by atoms with Gasteiger partial charge in [0.1, 0.15) is 0 Å². The summed E-state index contributed by atoms with van der Waals surface area (Å²) in [6, 6.07) is 0. The van der Waals surface area contributed by atoms with Gasteiger partial charge < -0.3 is 0 Å². The van der Waals surface area contributed by atoms with Crippen molar-refractivity contribution in [2.45, 2.75) is 20.3 Å². The lowest BCUT2D eigenvalue weighted by molar-refractivity contribution is -0.472. The molecule has 0 bridgehead atoms. The summed E-state index contributed by atoms with van der Waals surface area (Å²) in [5.41, 5.74) is -0.729. The van der Waals surface area contributed by atoms with Gasteiger partial charge in [-0.2, -0.15) is 0 Å². The second-order valence-corrected chi connectivity index (χ2v) is 1.90. The van der Waals surface area contributed by atoms with Crippen LogP contribution in [0.5, 0.6) is 0 Å². The van der Waals surface area contributed by atoms with Crippen LogP contribution in [0, 0.1) is 20.2 Å². The number of hydrogen-bond donors (Lipinski definition) is 0. The maximum absolute atomic E-state index is 10.1. The van der Waals surface area contributed by atoms with Crippen LogP contribution in [0.3, 0.4) is 0 Å². The molecule has 0 aliphatic rings. The molecule has 11 heavy (non-hydrogen) atoms. The average Bonchev–Trinajstić information content (AvgIpc) is 1.88. The molecule has 0 aromatic heterocycles. The van der Waals surface area contributed by atoms with Crippen LogP contribution in [0.1, 0.15) is 20.3 Å². The Hall–Kier alpha value is -1.46. The van der Waals surface area contributed by atoms with E-state index in [0.717, 1.165) is 6.92 Å². The Morgan fingerprint density at radius 2 is 1.73 bits per heavy atom. The molecule has 0 saturated heterocycles. The van der Waals surface area contributed by atoms with E-state index >= 15 is 0 Å². The van der Waals surface area contributed by atoms with Gasteiger partial charge in [-0.3, -0.25) is 20.2 Å². The molecule has 0 fully saturated rings. The van der Waals surface area contributed by atoms with Crippen molar-refractivity contribution in [1.82, 2.24) is 0 Å². The van der Waals surface area contributed by atoms with Crippen LogP contribution in [0.4, 0.5) is 0 Å². The topological polar surface area (TPSA) is 86.3 Å². The first-order chi connectivity index (χ1) is 5.00. The van der Waals surface area contributed by atoms with Crippen LogP contribution < -0.4 is 0 Å². The normalized spacial score (nSPS) is 12.2. The van der Waals surface area contributed by atoms with Gasteiger partial charge in [-0.25, -0.2) is 0 Å². The summed E-state index contributed by atoms with van der Waals surface area (Å²) in [5.74, 6) is 0. The number of rotatable bonds is 3. The van der Waals surface area contributed by atoms with E-state index in [2.05, 4.69) is 0 Å². The van der Waals surface area contributed by atoms with Gasteiger partial charge >= 0.3 is 11.4 Å². The third kappa shape index (κ3) is 2.32. The minimum atomic E-state index is -0.748. The number of nitro groups is 2. The van der Waals surface area contributed by atoms with Crippen molar-refractivity contribution in [3.8, 4) is 0 Å². The summed E-state index contributed by atoms with van der Waals surface area (Å²) >= 11 is 0. The van der Waals surface area contributed by atoms with Crippen LogP contribution in [0.25, 0.3) is 0 Å². The molecular weight excluding hydrogens is 152 g/mol. The van der Waals surface area contributed by atoms with Crippen molar-refractivity contribution in [1.29, 1.82) is 0 Å². The number of nitrogens with zero attached hydrogens (tertiary/aromatic N) is 2. The molecule has 0 heterocycles. The second-order valence-electron chi connectivity index (χ2n) is 1.90. The fourth-order valence-electron chi connectivity index (χ4n) is 0.622. The lowest BCUT2D eigenvalue weighted by atomic mass is 10.3. The molecule has 0 atom stereocenters. The summed E-state index contributed by atoms with van der Waals surface area (Å²) < 4.78 is 0. The minimum Gasteiger partial charge on any atom is -0.258 e. The fourth-order valence-corrected chi connectivity index (χ4v) is 0.622. The molecule has 0 amide bonds. The Kier molecular flexibility index (Phi) is 3.16. The summed E-state index contributed by atoms with van der Waals surface area (Å²) in [6.45, 7) is 2.63. The minimum absolute atomic E-state index is 0.0693. The lowest BCUT2D eigenvalue weighted by Gasteiger charge is -1.92. The van der Waals surface area contributed by atoms with Crippen molar-refractivity contribution >= 4 is 0 Å². The highest BCUT2D eigenvalue weighted by Crippen LogP contribution is 2.08. The van der Waals surface area contributed by atoms with Gasteiger partial charge in [-0.15, -0.1) is 0 Å². The van der Waals surface area contributed by atoms with E-state index < -0.39 is 15.5 Å². The molecule has 0 aliphatic heterocycles. The SMILES string of the molecule is CCC(=C(C)[N+](=O)[O-])[N+](=O)[O-]. The maximum Gasteiger partial charge on any atom is 0.317 e. The molecule has 0 aromatic carbocycles. The van der Waals surface area contributed by atoms with Gasteiger partial charge in [0.2, 0.25) is 0 Å². The van der Waals surface area contributed by atoms with Crippen LogP contribution in [0.15, 0.2) is 11.4 Å². The van der Waals surface area contributed by atoms with E-state index in [0.29, 0.717) is 0 Å². The van der Waals surface area contributed by atoms with Crippen LogP contribution in [-0.2, 0) is 0 Å². The molecule has 0 unspecified atom stereocenters. The molecule has 0 aliphatic carbocycles. The van der Waals surface area contributed by atoms with Crippen LogP contribution >= 0.6 is 0 Å². The highest BCUT2D eigenvalue weighted by atomic mass is 16.6. The summed E-state index contributed by atoms with van der Waals surface area (Å²) in [5, 5.41) is 20.2.